The van der Waals surface area contributed by atoms with E-state index in [1.165, 1.54) is 0 Å². The number of para-hydroxylation sites is 2. The first-order valence-corrected chi connectivity index (χ1v) is 9.52. The summed E-state index contributed by atoms with van der Waals surface area (Å²) in [6.07, 6.45) is 0. The van der Waals surface area contributed by atoms with Crippen molar-refractivity contribution in [2.45, 2.75) is 12.6 Å². The van der Waals surface area contributed by atoms with Gasteiger partial charge in [-0.25, -0.2) is 4.99 Å². The van der Waals surface area contributed by atoms with E-state index in [0.29, 0.717) is 29.4 Å². The van der Waals surface area contributed by atoms with Gasteiger partial charge in [-0.15, -0.1) is 0 Å². The van der Waals surface area contributed by atoms with Crippen molar-refractivity contribution in [3.05, 3.63) is 95.6 Å². The molecule has 7 nitrogen and oxygen atoms in total. The van der Waals surface area contributed by atoms with Crippen molar-refractivity contribution in [2.24, 2.45) is 4.99 Å². The Morgan fingerprint density at radius 1 is 0.967 bits per heavy atom. The van der Waals surface area contributed by atoms with E-state index in [1.54, 1.807) is 24.3 Å². The summed E-state index contributed by atoms with van der Waals surface area (Å²) in [6, 6.07) is 23.3. The van der Waals surface area contributed by atoms with Crippen LogP contribution < -0.4 is 21.7 Å². The number of nitrogens with two attached hydrogens (primary N) is 1. The largest absolute Gasteiger partial charge is 0.397 e. The zero-order valence-corrected chi connectivity index (χ0v) is 16.1. The molecule has 3 aromatic rings. The maximum absolute atomic E-state index is 12.4. The molecular weight excluding hydrogens is 378 g/mol. The lowest BCUT2D eigenvalue weighted by molar-refractivity contribution is -0.120. The lowest BCUT2D eigenvalue weighted by atomic mass is 10.1. The number of rotatable bonds is 5. The molecule has 1 saturated heterocycles. The molecule has 1 fully saturated rings. The van der Waals surface area contributed by atoms with Gasteiger partial charge in [0.15, 0.2) is 5.96 Å². The van der Waals surface area contributed by atoms with Crippen LogP contribution in [0.3, 0.4) is 0 Å². The van der Waals surface area contributed by atoms with E-state index >= 15 is 0 Å². The van der Waals surface area contributed by atoms with Gasteiger partial charge in [0.1, 0.15) is 6.04 Å². The van der Waals surface area contributed by atoms with E-state index in [9.17, 15) is 9.59 Å². The Hall–Kier alpha value is -4.13. The Kier molecular flexibility index (Phi) is 5.43. The molecule has 0 saturated carbocycles. The van der Waals surface area contributed by atoms with Crippen molar-refractivity contribution in [1.82, 2.24) is 10.6 Å². The summed E-state index contributed by atoms with van der Waals surface area (Å²) < 4.78 is 0. The van der Waals surface area contributed by atoms with Gasteiger partial charge < -0.3 is 16.4 Å². The Bertz CT molecular complexity index is 1090. The van der Waals surface area contributed by atoms with Crippen LogP contribution in [-0.2, 0) is 11.3 Å². The average Bonchev–Trinajstić information content (AvgIpc) is 3.15. The van der Waals surface area contributed by atoms with Crippen LogP contribution in [0, 0.1) is 0 Å². The van der Waals surface area contributed by atoms with Gasteiger partial charge in [0, 0.05) is 5.56 Å². The molecule has 4 rings (SSSR count). The number of benzene rings is 3. The number of anilines is 2. The lowest BCUT2D eigenvalue weighted by Crippen LogP contribution is -2.25. The SMILES string of the molecule is Nc1ccccc1NC(=O)c1ccc(CN=C2NC(=O)C(c3ccccc3)N2)cc1. The van der Waals surface area contributed by atoms with Gasteiger partial charge in [-0.2, -0.15) is 0 Å². The molecule has 0 bridgehead atoms. The number of guanidine groups is 1. The van der Waals surface area contributed by atoms with E-state index in [-0.39, 0.29) is 11.8 Å². The second-order valence-electron chi connectivity index (χ2n) is 6.88. The number of nitrogens with one attached hydrogen (secondary N) is 3. The maximum Gasteiger partial charge on any atom is 0.255 e. The molecule has 1 atom stereocenters. The highest BCUT2D eigenvalue weighted by Crippen LogP contribution is 2.18. The molecule has 7 heteroatoms. The number of carbonyl (C=O) groups is 2. The fourth-order valence-corrected chi connectivity index (χ4v) is 3.13. The van der Waals surface area contributed by atoms with Gasteiger partial charge in [0.05, 0.1) is 17.9 Å². The number of aliphatic imine (C=N–C) groups is 1. The Labute approximate surface area is 174 Å². The number of hydrogen-bond donors (Lipinski definition) is 4. The minimum Gasteiger partial charge on any atom is -0.397 e. The van der Waals surface area contributed by atoms with Crippen molar-refractivity contribution in [3.8, 4) is 0 Å². The summed E-state index contributed by atoms with van der Waals surface area (Å²) in [4.78, 5) is 29.0. The molecule has 1 aliphatic rings. The molecule has 1 unspecified atom stereocenters. The van der Waals surface area contributed by atoms with Gasteiger partial charge in [-0.1, -0.05) is 54.6 Å². The van der Waals surface area contributed by atoms with Crippen molar-refractivity contribution < 1.29 is 9.59 Å². The molecular formula is C23H21N5O2. The highest BCUT2D eigenvalue weighted by molar-refractivity contribution is 6.07. The van der Waals surface area contributed by atoms with Crippen molar-refractivity contribution in [1.29, 1.82) is 0 Å². The first-order chi connectivity index (χ1) is 14.6. The van der Waals surface area contributed by atoms with Crippen LogP contribution in [0.5, 0.6) is 0 Å². The van der Waals surface area contributed by atoms with Crippen LogP contribution in [0.2, 0.25) is 0 Å². The predicted octanol–water partition coefficient (Wildman–Crippen LogP) is 2.84. The lowest BCUT2D eigenvalue weighted by Gasteiger charge is -2.08. The summed E-state index contributed by atoms with van der Waals surface area (Å²) >= 11 is 0. The van der Waals surface area contributed by atoms with Crippen LogP contribution in [0.15, 0.2) is 83.9 Å². The molecule has 0 radical (unpaired) electrons. The molecule has 1 heterocycles. The molecule has 30 heavy (non-hydrogen) atoms. The molecule has 5 N–H and O–H groups in total. The summed E-state index contributed by atoms with van der Waals surface area (Å²) in [5.41, 5.74) is 9.27. The minimum absolute atomic E-state index is 0.132. The number of nitrogen functional groups attached to an aromatic ring is 1. The van der Waals surface area contributed by atoms with E-state index in [4.69, 9.17) is 5.73 Å². The minimum atomic E-state index is -0.443. The predicted molar refractivity (Wildman–Crippen MR) is 117 cm³/mol. The third-order valence-electron chi connectivity index (χ3n) is 4.76. The van der Waals surface area contributed by atoms with Gasteiger partial charge in [-0.05, 0) is 35.4 Å². The summed E-state index contributed by atoms with van der Waals surface area (Å²) in [5, 5.41) is 8.66. The van der Waals surface area contributed by atoms with E-state index < -0.39 is 6.04 Å². The molecule has 150 valence electrons. The number of carbonyl (C=O) groups excluding carboxylic acids is 2. The third kappa shape index (κ3) is 4.30. The van der Waals surface area contributed by atoms with E-state index in [0.717, 1.165) is 11.1 Å². The van der Waals surface area contributed by atoms with Crippen molar-refractivity contribution >= 4 is 29.1 Å². The van der Waals surface area contributed by atoms with E-state index in [2.05, 4.69) is 20.9 Å². The van der Waals surface area contributed by atoms with Crippen LogP contribution in [0.1, 0.15) is 27.5 Å². The molecule has 1 aliphatic heterocycles. The van der Waals surface area contributed by atoms with Gasteiger partial charge >= 0.3 is 0 Å². The topological polar surface area (TPSA) is 109 Å². The Morgan fingerprint density at radius 3 is 2.40 bits per heavy atom. The Morgan fingerprint density at radius 2 is 1.67 bits per heavy atom. The molecule has 0 aromatic heterocycles. The fraction of sp³-hybridized carbons (Fsp3) is 0.0870. The summed E-state index contributed by atoms with van der Waals surface area (Å²) in [5.74, 6) is 0.0727. The standard InChI is InChI=1S/C23H21N5O2/c24-18-8-4-5-9-19(18)26-21(29)17-12-10-15(11-13-17)14-25-23-27-20(22(30)28-23)16-6-2-1-3-7-16/h1-13,20H,14,24H2,(H,26,29)(H2,25,27,28,30). The van der Waals surface area contributed by atoms with Crippen LogP contribution in [0.25, 0.3) is 0 Å². The molecule has 2 amide bonds. The smallest absolute Gasteiger partial charge is 0.255 e. The second-order valence-corrected chi connectivity index (χ2v) is 6.88. The quantitative estimate of drug-likeness (QED) is 0.495. The fourth-order valence-electron chi connectivity index (χ4n) is 3.13. The van der Waals surface area contributed by atoms with Crippen LogP contribution >= 0.6 is 0 Å². The van der Waals surface area contributed by atoms with Gasteiger partial charge in [-0.3, -0.25) is 14.9 Å². The number of hydrogen-bond acceptors (Lipinski definition) is 4. The Balaban J connectivity index is 1.37. The molecule has 3 aromatic carbocycles. The van der Waals surface area contributed by atoms with Crippen molar-refractivity contribution in [2.75, 3.05) is 11.1 Å². The van der Waals surface area contributed by atoms with Crippen molar-refractivity contribution in [3.63, 3.8) is 0 Å². The molecule has 0 aliphatic carbocycles. The zero-order valence-electron chi connectivity index (χ0n) is 16.1. The number of amides is 2. The monoisotopic (exact) mass is 399 g/mol. The van der Waals surface area contributed by atoms with Crippen LogP contribution in [-0.4, -0.2) is 17.8 Å². The summed E-state index contributed by atoms with van der Waals surface area (Å²) in [6.45, 7) is 0.373. The normalized spacial score (nSPS) is 16.7. The second kappa shape index (κ2) is 8.48. The first kappa shape index (κ1) is 19.2. The van der Waals surface area contributed by atoms with E-state index in [1.807, 2.05) is 54.6 Å². The zero-order chi connectivity index (χ0) is 20.9. The summed E-state index contributed by atoms with van der Waals surface area (Å²) in [7, 11) is 0. The van der Waals surface area contributed by atoms with Gasteiger partial charge in [0.2, 0.25) is 0 Å². The third-order valence-corrected chi connectivity index (χ3v) is 4.76. The maximum atomic E-state index is 12.4. The van der Waals surface area contributed by atoms with Gasteiger partial charge in [0.25, 0.3) is 11.8 Å². The average molecular weight is 399 g/mol. The van der Waals surface area contributed by atoms with Crippen LogP contribution in [0.4, 0.5) is 11.4 Å². The highest BCUT2D eigenvalue weighted by Gasteiger charge is 2.29. The highest BCUT2D eigenvalue weighted by atomic mass is 16.2. The molecule has 0 spiro atoms. The first-order valence-electron chi connectivity index (χ1n) is 9.52. The number of nitrogens with zero attached hydrogens (tertiary/aromatic N) is 1.